The predicted molar refractivity (Wildman–Crippen MR) is 52.7 cm³/mol. The highest BCUT2D eigenvalue weighted by molar-refractivity contribution is 5.28. The molecule has 0 aromatic carbocycles. The van der Waals surface area contributed by atoms with Gasteiger partial charge in [-0.1, -0.05) is 17.9 Å². The topological polar surface area (TPSA) is 81.7 Å². The van der Waals surface area contributed by atoms with E-state index in [-0.39, 0.29) is 5.54 Å². The normalized spacial score (nSPS) is 19.9. The monoisotopic (exact) mass is 196 g/mol. The number of aryl methyl sites for hydroxylation is 1. The zero-order valence-corrected chi connectivity index (χ0v) is 8.40. The first-order chi connectivity index (χ1) is 6.76. The van der Waals surface area contributed by atoms with Crippen LogP contribution in [0, 0.1) is 0 Å². The van der Waals surface area contributed by atoms with Crippen molar-refractivity contribution in [3.8, 4) is 0 Å². The summed E-state index contributed by atoms with van der Waals surface area (Å²) in [6, 6.07) is 0. The van der Waals surface area contributed by atoms with Crippen molar-refractivity contribution in [2.45, 2.75) is 31.2 Å². The first-order valence-corrected chi connectivity index (χ1v) is 4.96. The van der Waals surface area contributed by atoms with Crippen LogP contribution in [0.1, 0.15) is 25.7 Å². The van der Waals surface area contributed by atoms with Gasteiger partial charge in [0.1, 0.15) is 0 Å². The number of nitrogens with zero attached hydrogens (tertiary/aromatic N) is 4. The maximum atomic E-state index is 5.80. The van der Waals surface area contributed by atoms with Gasteiger partial charge in [0.05, 0.1) is 5.54 Å². The molecule has 78 valence electrons. The summed E-state index contributed by atoms with van der Waals surface area (Å²) in [5.74, 6) is 0.706. The number of tetrazole rings is 1. The van der Waals surface area contributed by atoms with Gasteiger partial charge in [0.25, 0.3) is 0 Å². The van der Waals surface area contributed by atoms with Crippen molar-refractivity contribution in [3.63, 3.8) is 0 Å². The molecule has 1 aromatic rings. The fourth-order valence-electron chi connectivity index (χ4n) is 2.00. The van der Waals surface area contributed by atoms with Crippen LogP contribution in [0.4, 0.5) is 5.95 Å². The Morgan fingerprint density at radius 2 is 2.21 bits per heavy atom. The Balaban J connectivity index is 2.12. The van der Waals surface area contributed by atoms with Crippen molar-refractivity contribution in [1.29, 1.82) is 0 Å². The second-order valence-corrected chi connectivity index (χ2v) is 3.94. The van der Waals surface area contributed by atoms with Crippen LogP contribution in [0.15, 0.2) is 0 Å². The number of hydrogen-bond donors (Lipinski definition) is 2. The highest BCUT2D eigenvalue weighted by Crippen LogP contribution is 2.31. The van der Waals surface area contributed by atoms with Crippen molar-refractivity contribution < 1.29 is 0 Å². The lowest BCUT2D eigenvalue weighted by atomic mass is 9.98. The molecule has 0 bridgehead atoms. The van der Waals surface area contributed by atoms with Crippen molar-refractivity contribution >= 4 is 5.95 Å². The van der Waals surface area contributed by atoms with Gasteiger partial charge in [0.15, 0.2) is 0 Å². The van der Waals surface area contributed by atoms with Gasteiger partial charge in [-0.2, -0.15) is 0 Å². The van der Waals surface area contributed by atoms with E-state index in [1.807, 2.05) is 7.05 Å². The van der Waals surface area contributed by atoms with E-state index in [0.717, 1.165) is 12.8 Å². The summed E-state index contributed by atoms with van der Waals surface area (Å²) in [4.78, 5) is 0. The molecule has 0 aliphatic heterocycles. The van der Waals surface area contributed by atoms with E-state index in [2.05, 4.69) is 20.8 Å². The van der Waals surface area contributed by atoms with Gasteiger partial charge in [-0.3, -0.25) is 0 Å². The molecule has 6 heteroatoms. The van der Waals surface area contributed by atoms with E-state index in [1.54, 1.807) is 4.68 Å². The highest BCUT2D eigenvalue weighted by atomic mass is 15.6. The van der Waals surface area contributed by atoms with Crippen molar-refractivity contribution in [1.82, 2.24) is 20.2 Å². The van der Waals surface area contributed by atoms with Crippen LogP contribution in [-0.2, 0) is 7.05 Å². The SMILES string of the molecule is Cn1nnnc1NC1(CN)CCCC1. The molecular weight excluding hydrogens is 180 g/mol. The van der Waals surface area contributed by atoms with Crippen molar-refractivity contribution in [3.05, 3.63) is 0 Å². The fraction of sp³-hybridized carbons (Fsp3) is 0.875. The molecule has 1 aliphatic rings. The molecule has 0 unspecified atom stereocenters. The molecule has 2 rings (SSSR count). The number of aromatic nitrogens is 4. The van der Waals surface area contributed by atoms with Crippen LogP contribution in [0.3, 0.4) is 0 Å². The zero-order chi connectivity index (χ0) is 10.0. The van der Waals surface area contributed by atoms with Gasteiger partial charge >= 0.3 is 0 Å². The number of rotatable bonds is 3. The third kappa shape index (κ3) is 1.57. The standard InChI is InChI=1S/C8H16N6/c1-14-7(11-12-13-14)10-8(6-9)4-2-3-5-8/h2-6,9H2,1H3,(H,10,11,13). The summed E-state index contributed by atoms with van der Waals surface area (Å²) >= 11 is 0. The lowest BCUT2D eigenvalue weighted by Gasteiger charge is -2.28. The maximum absolute atomic E-state index is 5.80. The average molecular weight is 196 g/mol. The second-order valence-electron chi connectivity index (χ2n) is 3.94. The van der Waals surface area contributed by atoms with Crippen LogP contribution in [-0.4, -0.2) is 32.3 Å². The fourth-order valence-corrected chi connectivity index (χ4v) is 2.00. The van der Waals surface area contributed by atoms with Crippen LogP contribution in [0.5, 0.6) is 0 Å². The van der Waals surface area contributed by atoms with Crippen molar-refractivity contribution in [2.24, 2.45) is 12.8 Å². The summed E-state index contributed by atoms with van der Waals surface area (Å²) in [5.41, 5.74) is 5.81. The Morgan fingerprint density at radius 1 is 1.50 bits per heavy atom. The summed E-state index contributed by atoms with van der Waals surface area (Å²) in [7, 11) is 1.82. The summed E-state index contributed by atoms with van der Waals surface area (Å²) in [6.07, 6.45) is 4.68. The van der Waals surface area contributed by atoms with Crippen LogP contribution < -0.4 is 11.1 Å². The van der Waals surface area contributed by atoms with Gasteiger partial charge < -0.3 is 11.1 Å². The Labute approximate surface area is 82.9 Å². The van der Waals surface area contributed by atoms with Gasteiger partial charge in [0.2, 0.25) is 5.95 Å². The summed E-state index contributed by atoms with van der Waals surface area (Å²) in [6.45, 7) is 0.639. The molecule has 3 N–H and O–H groups in total. The second kappa shape index (κ2) is 3.53. The number of nitrogens with one attached hydrogen (secondary N) is 1. The molecule has 0 amide bonds. The Hall–Kier alpha value is -1.17. The van der Waals surface area contributed by atoms with Gasteiger partial charge in [-0.15, -0.1) is 0 Å². The molecule has 1 aliphatic carbocycles. The lowest BCUT2D eigenvalue weighted by Crippen LogP contribution is -2.43. The molecule has 0 radical (unpaired) electrons. The summed E-state index contributed by atoms with van der Waals surface area (Å²) < 4.78 is 1.63. The minimum absolute atomic E-state index is 0.0163. The Morgan fingerprint density at radius 3 is 2.71 bits per heavy atom. The van der Waals surface area contributed by atoms with E-state index in [9.17, 15) is 0 Å². The van der Waals surface area contributed by atoms with Gasteiger partial charge in [0, 0.05) is 13.6 Å². The maximum Gasteiger partial charge on any atom is 0.243 e. The van der Waals surface area contributed by atoms with Crippen LogP contribution in [0.25, 0.3) is 0 Å². The molecule has 1 heterocycles. The quantitative estimate of drug-likeness (QED) is 0.705. The number of hydrogen-bond acceptors (Lipinski definition) is 5. The summed E-state index contributed by atoms with van der Waals surface area (Å²) in [5, 5.41) is 14.6. The molecule has 1 fully saturated rings. The zero-order valence-electron chi connectivity index (χ0n) is 8.40. The lowest BCUT2D eigenvalue weighted by molar-refractivity contribution is 0.485. The number of nitrogens with two attached hydrogens (primary N) is 1. The van der Waals surface area contributed by atoms with E-state index in [1.165, 1.54) is 12.8 Å². The highest BCUT2D eigenvalue weighted by Gasteiger charge is 2.33. The van der Waals surface area contributed by atoms with Crippen molar-refractivity contribution in [2.75, 3.05) is 11.9 Å². The van der Waals surface area contributed by atoms with Gasteiger partial charge in [-0.05, 0) is 23.3 Å². The molecule has 14 heavy (non-hydrogen) atoms. The Bertz CT molecular complexity index is 301. The molecule has 0 atom stereocenters. The largest absolute Gasteiger partial charge is 0.346 e. The molecule has 6 nitrogen and oxygen atoms in total. The molecule has 1 aromatic heterocycles. The number of anilines is 1. The molecule has 0 spiro atoms. The third-order valence-corrected chi connectivity index (χ3v) is 2.95. The van der Waals surface area contributed by atoms with Gasteiger partial charge in [-0.25, -0.2) is 4.68 Å². The minimum atomic E-state index is 0.0163. The first kappa shape index (κ1) is 9.39. The van der Waals surface area contributed by atoms with E-state index in [4.69, 9.17) is 5.73 Å². The third-order valence-electron chi connectivity index (χ3n) is 2.95. The van der Waals surface area contributed by atoms with E-state index in [0.29, 0.717) is 12.5 Å². The molecular formula is C8H16N6. The average Bonchev–Trinajstić information content (AvgIpc) is 2.79. The first-order valence-electron chi connectivity index (χ1n) is 4.96. The Kier molecular flexibility index (Phi) is 2.37. The van der Waals surface area contributed by atoms with Crippen LogP contribution in [0.2, 0.25) is 0 Å². The van der Waals surface area contributed by atoms with Crippen LogP contribution >= 0.6 is 0 Å². The molecule has 1 saturated carbocycles. The smallest absolute Gasteiger partial charge is 0.243 e. The predicted octanol–water partition coefficient (Wildman–Crippen LogP) is -0.107. The minimum Gasteiger partial charge on any atom is -0.346 e. The molecule has 0 saturated heterocycles. The van der Waals surface area contributed by atoms with E-state index >= 15 is 0 Å². The van der Waals surface area contributed by atoms with E-state index < -0.39 is 0 Å².